The van der Waals surface area contributed by atoms with Crippen LogP contribution in [0, 0.1) is 20.8 Å². The lowest BCUT2D eigenvalue weighted by Gasteiger charge is -2.12. The highest BCUT2D eigenvalue weighted by molar-refractivity contribution is 5.76. The Hall–Kier alpha value is -3.20. The predicted molar refractivity (Wildman–Crippen MR) is 106 cm³/mol. The van der Waals surface area contributed by atoms with Crippen LogP contribution in [0.3, 0.4) is 0 Å². The first kappa shape index (κ1) is 16.3. The molecule has 3 aromatic carbocycles. The van der Waals surface area contributed by atoms with Crippen molar-refractivity contribution >= 4 is 0 Å². The molecule has 4 rings (SSSR count). The molecule has 0 aliphatic heterocycles. The van der Waals surface area contributed by atoms with Crippen LogP contribution in [0.15, 0.2) is 72.8 Å². The van der Waals surface area contributed by atoms with Crippen molar-refractivity contribution in [1.82, 2.24) is 15.0 Å². The maximum atomic E-state index is 4.50. The molecule has 0 fully saturated rings. The van der Waals surface area contributed by atoms with E-state index < -0.39 is 0 Å². The monoisotopic (exact) mass is 339 g/mol. The molecule has 0 aliphatic carbocycles. The van der Waals surface area contributed by atoms with Gasteiger partial charge in [-0.3, -0.25) is 0 Å². The van der Waals surface area contributed by atoms with Gasteiger partial charge in [0.25, 0.3) is 0 Å². The average molecular weight is 339 g/mol. The van der Waals surface area contributed by atoms with E-state index in [9.17, 15) is 0 Å². The van der Waals surface area contributed by atoms with E-state index in [1.54, 1.807) is 0 Å². The highest BCUT2D eigenvalue weighted by Gasteiger charge is 2.17. The van der Waals surface area contributed by atoms with Gasteiger partial charge in [-0.15, -0.1) is 5.10 Å². The van der Waals surface area contributed by atoms with E-state index in [2.05, 4.69) is 67.5 Å². The van der Waals surface area contributed by atoms with Crippen molar-refractivity contribution in [2.75, 3.05) is 0 Å². The molecule has 0 aliphatic rings. The molecule has 0 saturated heterocycles. The fourth-order valence-electron chi connectivity index (χ4n) is 3.51. The second kappa shape index (κ2) is 6.60. The molecule has 1 aromatic heterocycles. The zero-order valence-corrected chi connectivity index (χ0v) is 15.3. The Morgan fingerprint density at radius 2 is 1.27 bits per heavy atom. The summed E-state index contributed by atoms with van der Waals surface area (Å²) < 4.78 is 1.90. The molecule has 1 heterocycles. The summed E-state index contributed by atoms with van der Waals surface area (Å²) in [7, 11) is 0. The van der Waals surface area contributed by atoms with Gasteiger partial charge in [-0.25, -0.2) is 4.68 Å². The third-order valence-electron chi connectivity index (χ3n) is 4.77. The Morgan fingerprint density at radius 3 is 1.88 bits per heavy atom. The molecule has 3 nitrogen and oxygen atoms in total. The molecule has 26 heavy (non-hydrogen) atoms. The minimum absolute atomic E-state index is 0.948. The average Bonchev–Trinajstić information content (AvgIpc) is 3.04. The number of aromatic nitrogens is 3. The molecular formula is C23H21N3. The minimum atomic E-state index is 0.948. The topological polar surface area (TPSA) is 30.7 Å². The van der Waals surface area contributed by atoms with E-state index in [0.717, 1.165) is 17.1 Å². The Balaban J connectivity index is 1.81. The minimum Gasteiger partial charge on any atom is -0.217 e. The summed E-state index contributed by atoms with van der Waals surface area (Å²) in [6, 6.07) is 25.1. The lowest BCUT2D eigenvalue weighted by molar-refractivity contribution is 0.785. The van der Waals surface area contributed by atoms with Gasteiger partial charge >= 0.3 is 0 Å². The van der Waals surface area contributed by atoms with Gasteiger partial charge in [-0.05, 0) is 55.2 Å². The first-order chi connectivity index (χ1) is 12.6. The molecule has 128 valence electrons. The summed E-state index contributed by atoms with van der Waals surface area (Å²) >= 11 is 0. The highest BCUT2D eigenvalue weighted by Crippen LogP contribution is 2.33. The van der Waals surface area contributed by atoms with Gasteiger partial charge in [0.15, 0.2) is 0 Å². The Kier molecular flexibility index (Phi) is 4.13. The second-order valence-corrected chi connectivity index (χ2v) is 6.62. The van der Waals surface area contributed by atoms with E-state index in [4.69, 9.17) is 0 Å². The van der Waals surface area contributed by atoms with E-state index in [-0.39, 0.29) is 0 Å². The van der Waals surface area contributed by atoms with E-state index in [1.807, 2.05) is 41.1 Å². The fraction of sp³-hybridized carbons (Fsp3) is 0.130. The quantitative estimate of drug-likeness (QED) is 0.491. The lowest BCUT2D eigenvalue weighted by atomic mass is 9.93. The predicted octanol–water partition coefficient (Wildman–Crippen LogP) is 5.53. The third kappa shape index (κ3) is 2.82. The van der Waals surface area contributed by atoms with Crippen LogP contribution in [0.4, 0.5) is 0 Å². The van der Waals surface area contributed by atoms with Crippen molar-refractivity contribution < 1.29 is 0 Å². The molecule has 0 N–H and O–H groups in total. The number of para-hydroxylation sites is 1. The van der Waals surface area contributed by atoms with Gasteiger partial charge in [0.2, 0.25) is 0 Å². The number of benzene rings is 3. The fourth-order valence-corrected chi connectivity index (χ4v) is 3.51. The summed E-state index contributed by atoms with van der Waals surface area (Å²) in [6.45, 7) is 6.37. The summed E-state index contributed by atoms with van der Waals surface area (Å²) in [4.78, 5) is 0. The van der Waals surface area contributed by atoms with Crippen LogP contribution in [0.2, 0.25) is 0 Å². The SMILES string of the molecule is Cc1cc(-c2ccccc2)cc(C)c1-c1nnn(-c2ccccc2)c1C. The van der Waals surface area contributed by atoms with Gasteiger partial charge in [-0.2, -0.15) is 0 Å². The Morgan fingerprint density at radius 1 is 0.692 bits per heavy atom. The smallest absolute Gasteiger partial charge is 0.116 e. The Labute approximate surface area is 153 Å². The Bertz CT molecular complexity index is 1020. The molecule has 0 unspecified atom stereocenters. The number of hydrogen-bond acceptors (Lipinski definition) is 2. The van der Waals surface area contributed by atoms with Crippen LogP contribution in [0.1, 0.15) is 16.8 Å². The molecule has 0 atom stereocenters. The van der Waals surface area contributed by atoms with Gasteiger partial charge < -0.3 is 0 Å². The molecule has 0 spiro atoms. The van der Waals surface area contributed by atoms with Crippen molar-refractivity contribution in [2.24, 2.45) is 0 Å². The first-order valence-electron chi connectivity index (χ1n) is 8.80. The summed E-state index contributed by atoms with van der Waals surface area (Å²) in [5.41, 5.74) is 9.09. The highest BCUT2D eigenvalue weighted by atomic mass is 15.4. The standard InChI is InChI=1S/C23H21N3/c1-16-14-20(19-10-6-4-7-11-19)15-17(2)22(16)23-18(3)26(25-24-23)21-12-8-5-9-13-21/h4-15H,1-3H3. The van der Waals surface area contributed by atoms with Crippen LogP contribution in [0.25, 0.3) is 28.1 Å². The first-order valence-corrected chi connectivity index (χ1v) is 8.80. The number of nitrogens with zero attached hydrogens (tertiary/aromatic N) is 3. The van der Waals surface area contributed by atoms with Gasteiger partial charge in [0.1, 0.15) is 5.69 Å². The molecule has 0 radical (unpaired) electrons. The number of rotatable bonds is 3. The van der Waals surface area contributed by atoms with Crippen molar-refractivity contribution in [3.8, 4) is 28.1 Å². The van der Waals surface area contributed by atoms with E-state index in [1.165, 1.54) is 27.8 Å². The summed E-state index contributed by atoms with van der Waals surface area (Å²) in [5, 5.41) is 8.89. The van der Waals surface area contributed by atoms with Gasteiger partial charge in [0, 0.05) is 5.56 Å². The maximum absolute atomic E-state index is 4.50. The molecule has 4 aromatic rings. The van der Waals surface area contributed by atoms with E-state index in [0.29, 0.717) is 0 Å². The molecule has 3 heteroatoms. The van der Waals surface area contributed by atoms with Crippen LogP contribution in [-0.2, 0) is 0 Å². The molecule has 0 amide bonds. The lowest BCUT2D eigenvalue weighted by Crippen LogP contribution is -1.99. The summed E-state index contributed by atoms with van der Waals surface area (Å²) in [6.07, 6.45) is 0. The van der Waals surface area contributed by atoms with Crippen LogP contribution >= 0.6 is 0 Å². The van der Waals surface area contributed by atoms with Crippen molar-refractivity contribution in [3.63, 3.8) is 0 Å². The van der Waals surface area contributed by atoms with Crippen molar-refractivity contribution in [3.05, 3.63) is 89.6 Å². The third-order valence-corrected chi connectivity index (χ3v) is 4.77. The van der Waals surface area contributed by atoms with Gasteiger partial charge in [-0.1, -0.05) is 65.9 Å². The van der Waals surface area contributed by atoms with Crippen molar-refractivity contribution in [1.29, 1.82) is 0 Å². The van der Waals surface area contributed by atoms with E-state index >= 15 is 0 Å². The van der Waals surface area contributed by atoms with Crippen LogP contribution < -0.4 is 0 Å². The zero-order chi connectivity index (χ0) is 18.1. The zero-order valence-electron chi connectivity index (χ0n) is 15.3. The number of aryl methyl sites for hydroxylation is 2. The van der Waals surface area contributed by atoms with Crippen LogP contribution in [-0.4, -0.2) is 15.0 Å². The molecular weight excluding hydrogens is 318 g/mol. The number of hydrogen-bond donors (Lipinski definition) is 0. The summed E-state index contributed by atoms with van der Waals surface area (Å²) in [5.74, 6) is 0. The molecule has 0 bridgehead atoms. The van der Waals surface area contributed by atoms with Crippen molar-refractivity contribution in [2.45, 2.75) is 20.8 Å². The largest absolute Gasteiger partial charge is 0.217 e. The second-order valence-electron chi connectivity index (χ2n) is 6.62. The molecule has 0 saturated carbocycles. The van der Waals surface area contributed by atoms with Gasteiger partial charge in [0.05, 0.1) is 11.4 Å². The maximum Gasteiger partial charge on any atom is 0.116 e. The van der Waals surface area contributed by atoms with Crippen LogP contribution in [0.5, 0.6) is 0 Å². The normalized spacial score (nSPS) is 10.9.